The normalized spacial score (nSPS) is 11.7. The minimum Gasteiger partial charge on any atom is -0.476 e. The molecule has 0 aromatic carbocycles. The van der Waals surface area contributed by atoms with Crippen molar-refractivity contribution >= 4 is 0 Å². The minimum absolute atomic E-state index is 0.0145. The number of unbranched alkanes of at least 4 members (excludes halogenated alkanes) is 7. The van der Waals surface area contributed by atoms with Crippen LogP contribution in [-0.2, 0) is 18.9 Å². The van der Waals surface area contributed by atoms with Gasteiger partial charge in [-0.25, -0.2) is 0 Å². The van der Waals surface area contributed by atoms with Gasteiger partial charge in [-0.05, 0) is 44.6 Å². The van der Waals surface area contributed by atoms with Crippen LogP contribution in [0.15, 0.2) is 12.3 Å². The fourth-order valence-corrected chi connectivity index (χ4v) is 2.34. The van der Waals surface area contributed by atoms with E-state index in [9.17, 15) is 0 Å². The van der Waals surface area contributed by atoms with Crippen LogP contribution in [0.2, 0.25) is 0 Å². The minimum atomic E-state index is -0.0145. The van der Waals surface area contributed by atoms with E-state index in [1.807, 2.05) is 0 Å². The molecule has 24 heavy (non-hydrogen) atoms. The zero-order chi connectivity index (χ0) is 17.7. The summed E-state index contributed by atoms with van der Waals surface area (Å²) in [4.78, 5) is 0. The van der Waals surface area contributed by atoms with Gasteiger partial charge in [-0.15, -0.1) is 0 Å². The second-order valence-corrected chi connectivity index (χ2v) is 6.17. The van der Waals surface area contributed by atoms with Crippen LogP contribution in [0.25, 0.3) is 0 Å². The molecule has 0 amide bonds. The van der Waals surface area contributed by atoms with Gasteiger partial charge in [0.15, 0.2) is 13.1 Å². The first-order valence-corrected chi connectivity index (χ1v) is 9.83. The van der Waals surface area contributed by atoms with Crippen molar-refractivity contribution in [1.29, 1.82) is 0 Å². The second kappa shape index (κ2) is 20.5. The Kier molecular flexibility index (Phi) is 20.0. The third-order valence-electron chi connectivity index (χ3n) is 3.79. The maximum atomic E-state index is 5.93. The van der Waals surface area contributed by atoms with Crippen molar-refractivity contribution in [3.8, 4) is 0 Å². The van der Waals surface area contributed by atoms with E-state index < -0.39 is 0 Å². The van der Waals surface area contributed by atoms with Gasteiger partial charge >= 0.3 is 0 Å². The third-order valence-corrected chi connectivity index (χ3v) is 3.79. The van der Waals surface area contributed by atoms with Gasteiger partial charge in [-0.3, -0.25) is 0 Å². The Morgan fingerprint density at radius 2 is 1.46 bits per heavy atom. The summed E-state index contributed by atoms with van der Waals surface area (Å²) < 4.78 is 21.8. The fourth-order valence-electron chi connectivity index (χ4n) is 2.34. The molecule has 0 heterocycles. The Hall–Kier alpha value is -0.580. The third kappa shape index (κ3) is 17.8. The van der Waals surface area contributed by atoms with Crippen molar-refractivity contribution in [3.05, 3.63) is 12.3 Å². The van der Waals surface area contributed by atoms with Crippen molar-refractivity contribution in [3.63, 3.8) is 0 Å². The van der Waals surface area contributed by atoms with Gasteiger partial charge in [0.2, 0.25) is 0 Å². The molecule has 0 aromatic rings. The summed E-state index contributed by atoms with van der Waals surface area (Å²) in [5.41, 5.74) is 0. The zero-order valence-corrected chi connectivity index (χ0v) is 16.3. The molecule has 0 aliphatic carbocycles. The number of methoxy groups -OCH3 is 1. The summed E-state index contributed by atoms with van der Waals surface area (Å²) in [5, 5.41) is 0. The van der Waals surface area contributed by atoms with Gasteiger partial charge in [0, 0.05) is 20.3 Å². The summed E-state index contributed by atoms with van der Waals surface area (Å²) in [6, 6.07) is 0. The lowest BCUT2D eigenvalue weighted by Crippen LogP contribution is -2.19. The maximum absolute atomic E-state index is 5.93. The van der Waals surface area contributed by atoms with Crippen LogP contribution in [-0.4, -0.2) is 33.4 Å². The summed E-state index contributed by atoms with van der Waals surface area (Å²) in [6.45, 7) is 6.40. The molecule has 0 fully saturated rings. The lowest BCUT2D eigenvalue weighted by Gasteiger charge is -2.18. The van der Waals surface area contributed by atoms with Crippen LogP contribution >= 0.6 is 0 Å². The molecule has 0 rings (SSSR count). The van der Waals surface area contributed by atoms with Crippen LogP contribution in [0, 0.1) is 0 Å². The lowest BCUT2D eigenvalue weighted by molar-refractivity contribution is -0.148. The smallest absolute Gasteiger partial charge is 0.187 e. The Morgan fingerprint density at radius 1 is 0.792 bits per heavy atom. The van der Waals surface area contributed by atoms with Gasteiger partial charge in [0.05, 0.1) is 6.26 Å². The molecular weight excluding hydrogens is 304 g/mol. The molecule has 144 valence electrons. The van der Waals surface area contributed by atoms with Gasteiger partial charge in [0.1, 0.15) is 0 Å². The van der Waals surface area contributed by atoms with E-state index >= 15 is 0 Å². The van der Waals surface area contributed by atoms with Crippen molar-refractivity contribution < 1.29 is 18.9 Å². The Balaban J connectivity index is 3.70. The predicted octanol–water partition coefficient (Wildman–Crippen LogP) is 5.81. The molecule has 4 heteroatoms. The monoisotopic (exact) mass is 344 g/mol. The molecule has 4 nitrogen and oxygen atoms in total. The predicted molar refractivity (Wildman–Crippen MR) is 99.9 cm³/mol. The van der Waals surface area contributed by atoms with Gasteiger partial charge in [0.25, 0.3) is 0 Å². The molecule has 0 aliphatic rings. The van der Waals surface area contributed by atoms with Crippen LogP contribution in [0.1, 0.15) is 84.5 Å². The molecular formula is C20H40O4. The molecule has 0 spiro atoms. The largest absolute Gasteiger partial charge is 0.476 e. The van der Waals surface area contributed by atoms with Crippen molar-refractivity contribution in [2.75, 3.05) is 27.1 Å². The highest BCUT2D eigenvalue weighted by Gasteiger charge is 2.08. The van der Waals surface area contributed by atoms with Crippen molar-refractivity contribution in [1.82, 2.24) is 0 Å². The van der Waals surface area contributed by atoms with E-state index in [4.69, 9.17) is 18.9 Å². The highest BCUT2D eigenvalue weighted by Crippen LogP contribution is 2.12. The molecule has 0 bridgehead atoms. The number of allylic oxidation sites excluding steroid dienone is 1. The van der Waals surface area contributed by atoms with E-state index in [1.54, 1.807) is 13.4 Å². The van der Waals surface area contributed by atoms with Gasteiger partial charge in [-0.1, -0.05) is 46.0 Å². The quantitative estimate of drug-likeness (QED) is 0.168. The van der Waals surface area contributed by atoms with E-state index in [0.29, 0.717) is 6.79 Å². The molecule has 0 saturated heterocycles. The number of rotatable bonds is 19. The maximum Gasteiger partial charge on any atom is 0.187 e. The van der Waals surface area contributed by atoms with Crippen molar-refractivity contribution in [2.24, 2.45) is 0 Å². The van der Waals surface area contributed by atoms with Crippen LogP contribution in [0.5, 0.6) is 0 Å². The standard InChI is InChI=1S/C20H40O4/c1-4-6-12-17-23-20(24-18-13-7-5-2)15-11-9-8-10-14-16-22-19-21-3/h14,16,20H,4-13,15,17-19H2,1-3H3. The average molecular weight is 345 g/mol. The van der Waals surface area contributed by atoms with Crippen molar-refractivity contribution in [2.45, 2.75) is 90.8 Å². The Labute approximate surface area is 149 Å². The van der Waals surface area contributed by atoms with E-state index in [-0.39, 0.29) is 6.29 Å². The summed E-state index contributed by atoms with van der Waals surface area (Å²) >= 11 is 0. The number of ether oxygens (including phenoxy) is 4. The second-order valence-electron chi connectivity index (χ2n) is 6.17. The summed E-state index contributed by atoms with van der Waals surface area (Å²) in [6.07, 6.45) is 16.5. The first-order chi connectivity index (χ1) is 11.8. The number of hydrogen-bond acceptors (Lipinski definition) is 4. The number of hydrogen-bond donors (Lipinski definition) is 0. The molecule has 0 saturated carbocycles. The molecule has 0 radical (unpaired) electrons. The zero-order valence-electron chi connectivity index (χ0n) is 16.3. The molecule has 0 atom stereocenters. The highest BCUT2D eigenvalue weighted by molar-refractivity contribution is 4.72. The Morgan fingerprint density at radius 3 is 2.04 bits per heavy atom. The van der Waals surface area contributed by atoms with E-state index in [1.165, 1.54) is 38.5 Å². The van der Waals surface area contributed by atoms with Crippen LogP contribution in [0.3, 0.4) is 0 Å². The molecule has 0 unspecified atom stereocenters. The van der Waals surface area contributed by atoms with Gasteiger partial charge < -0.3 is 18.9 Å². The van der Waals surface area contributed by atoms with E-state index in [0.717, 1.165) is 45.3 Å². The lowest BCUT2D eigenvalue weighted by atomic mass is 10.1. The SMILES string of the molecule is CCCCCOC(CCCCCC=COCOC)OCCCCC. The first kappa shape index (κ1) is 23.4. The van der Waals surface area contributed by atoms with E-state index in [2.05, 4.69) is 19.9 Å². The summed E-state index contributed by atoms with van der Waals surface area (Å²) in [5.74, 6) is 0. The first-order valence-electron chi connectivity index (χ1n) is 9.83. The molecule has 0 N–H and O–H groups in total. The van der Waals surface area contributed by atoms with Gasteiger partial charge in [-0.2, -0.15) is 0 Å². The molecule has 0 aliphatic heterocycles. The topological polar surface area (TPSA) is 36.9 Å². The van der Waals surface area contributed by atoms with Crippen LogP contribution in [0.4, 0.5) is 0 Å². The van der Waals surface area contributed by atoms with Crippen LogP contribution < -0.4 is 0 Å². The average Bonchev–Trinajstić information content (AvgIpc) is 2.60. The highest BCUT2D eigenvalue weighted by atomic mass is 16.7. The fraction of sp³-hybridized carbons (Fsp3) is 0.900. The Bertz CT molecular complexity index is 244. The summed E-state index contributed by atoms with van der Waals surface area (Å²) in [7, 11) is 1.62. The molecule has 0 aromatic heterocycles.